The number of nitrogens with one attached hydrogen (secondary N) is 1. The van der Waals surface area contributed by atoms with Crippen LogP contribution >= 0.6 is 0 Å². The van der Waals surface area contributed by atoms with Gasteiger partial charge in [0.05, 0.1) is 5.52 Å². The van der Waals surface area contributed by atoms with Crippen molar-refractivity contribution in [2.75, 3.05) is 5.43 Å². The van der Waals surface area contributed by atoms with E-state index in [4.69, 9.17) is 0 Å². The second-order valence-electron chi connectivity index (χ2n) is 5.84. The number of hydrogen-bond acceptors (Lipinski definition) is 3. The number of carbonyl (C=O) groups excluding carboxylic acids is 1. The zero-order valence-electron chi connectivity index (χ0n) is 13.9. The second kappa shape index (κ2) is 6.20. The maximum atomic E-state index is 12.7. The van der Waals surface area contributed by atoms with E-state index in [1.807, 2.05) is 69.3 Å². The third kappa shape index (κ3) is 2.65. The van der Waals surface area contributed by atoms with Gasteiger partial charge >= 0.3 is 0 Å². The summed E-state index contributed by atoms with van der Waals surface area (Å²) < 4.78 is 1.70. The van der Waals surface area contributed by atoms with Crippen molar-refractivity contribution >= 4 is 22.5 Å². The van der Waals surface area contributed by atoms with Crippen LogP contribution in [0.15, 0.2) is 53.7 Å². The van der Waals surface area contributed by atoms with Gasteiger partial charge in [0.15, 0.2) is 5.71 Å². The summed E-state index contributed by atoms with van der Waals surface area (Å²) in [5.41, 5.74) is 7.02. The summed E-state index contributed by atoms with van der Waals surface area (Å²) in [4.78, 5) is 12.7. The Morgan fingerprint density at radius 1 is 1.04 bits per heavy atom. The number of aryl methyl sites for hydroxylation is 3. The molecule has 5 heteroatoms. The van der Waals surface area contributed by atoms with Gasteiger partial charge in [-0.1, -0.05) is 41.6 Å². The maximum Gasteiger partial charge on any atom is 0.292 e. The number of aromatic nitrogens is 1. The highest BCUT2D eigenvalue weighted by atomic mass is 16.4. The molecular weight excluding hydrogens is 302 g/mol. The van der Waals surface area contributed by atoms with Crippen molar-refractivity contribution in [3.05, 3.63) is 70.9 Å². The van der Waals surface area contributed by atoms with Crippen molar-refractivity contribution in [3.63, 3.8) is 0 Å². The van der Waals surface area contributed by atoms with Crippen molar-refractivity contribution in [1.82, 2.24) is 4.68 Å². The number of fused-ring (bicyclic) bond motifs is 1. The van der Waals surface area contributed by atoms with Crippen molar-refractivity contribution in [2.45, 2.75) is 20.8 Å². The average molecular weight is 321 g/mol. The van der Waals surface area contributed by atoms with Crippen LogP contribution in [0.4, 0.5) is 0 Å². The number of rotatable bonds is 3. The number of nitrogens with zero attached hydrogens (tertiary/aromatic N) is 2. The monoisotopic (exact) mass is 321 g/mol. The predicted octanol–water partition coefficient (Wildman–Crippen LogP) is 3.52. The first kappa shape index (κ1) is 15.8. The maximum absolute atomic E-state index is 12.7. The van der Waals surface area contributed by atoms with Crippen LogP contribution in [-0.4, -0.2) is 21.5 Å². The number of benzene rings is 2. The first-order valence-corrected chi connectivity index (χ1v) is 7.70. The molecule has 1 heterocycles. The Hall–Kier alpha value is -3.08. The molecule has 5 nitrogen and oxygen atoms in total. The number of hydrogen-bond donors (Lipinski definition) is 2. The van der Waals surface area contributed by atoms with Crippen molar-refractivity contribution < 1.29 is 10.0 Å². The summed E-state index contributed by atoms with van der Waals surface area (Å²) in [5.74, 6) is -0.459. The summed E-state index contributed by atoms with van der Waals surface area (Å²) in [7, 11) is 0. The minimum atomic E-state index is -0.459. The molecule has 0 radical (unpaired) electrons. The van der Waals surface area contributed by atoms with E-state index in [1.54, 1.807) is 4.68 Å². The highest BCUT2D eigenvalue weighted by Gasteiger charge is 2.20. The Morgan fingerprint density at radius 3 is 2.38 bits per heavy atom. The van der Waals surface area contributed by atoms with E-state index >= 15 is 0 Å². The topological polar surface area (TPSA) is 66.6 Å². The molecule has 2 N–H and O–H groups in total. The van der Waals surface area contributed by atoms with Gasteiger partial charge in [0.25, 0.3) is 5.91 Å². The number of para-hydroxylation sites is 1. The Bertz CT molecular complexity index is 934. The Labute approximate surface area is 140 Å². The molecule has 0 spiro atoms. The quantitative estimate of drug-likeness (QED) is 0.440. The molecular formula is C19H19N3O2. The summed E-state index contributed by atoms with van der Waals surface area (Å²) in [6, 6.07) is 15.4. The predicted molar refractivity (Wildman–Crippen MR) is 95.3 cm³/mol. The van der Waals surface area contributed by atoms with Gasteiger partial charge in [0.1, 0.15) is 0 Å². The summed E-state index contributed by atoms with van der Waals surface area (Å²) in [6.07, 6.45) is 0. The fourth-order valence-electron chi connectivity index (χ4n) is 2.99. The number of oxime groups is 1. The van der Waals surface area contributed by atoms with Crippen LogP contribution in [0.5, 0.6) is 0 Å². The standard InChI is InChI=1S/C19H19N3O2/c1-12-7-6-8-13(2)17(12)18(21-24)19(23)20-22-14(3)11-15-9-4-5-10-16(15)22/h4-11,24H,1-3H3,(H,20,23)/b21-18-. The van der Waals surface area contributed by atoms with Crippen molar-refractivity contribution in [1.29, 1.82) is 0 Å². The van der Waals surface area contributed by atoms with Crippen molar-refractivity contribution in [2.24, 2.45) is 5.16 Å². The van der Waals surface area contributed by atoms with Gasteiger partial charge in [-0.25, -0.2) is 0 Å². The highest BCUT2D eigenvalue weighted by molar-refractivity contribution is 6.48. The first-order valence-electron chi connectivity index (χ1n) is 7.70. The SMILES string of the molecule is Cc1cccc(C)c1/C(=N/O)C(=O)Nn1c(C)cc2ccccc21. The van der Waals surface area contributed by atoms with Gasteiger partial charge in [-0.3, -0.25) is 14.9 Å². The molecule has 0 saturated heterocycles. The zero-order chi connectivity index (χ0) is 17.3. The third-order valence-electron chi connectivity index (χ3n) is 4.14. The van der Waals surface area contributed by atoms with Crippen molar-refractivity contribution in [3.8, 4) is 0 Å². The number of carbonyl (C=O) groups is 1. The zero-order valence-corrected chi connectivity index (χ0v) is 13.9. The first-order chi connectivity index (χ1) is 11.5. The largest absolute Gasteiger partial charge is 0.410 e. The Morgan fingerprint density at radius 2 is 1.71 bits per heavy atom. The van der Waals surface area contributed by atoms with Gasteiger partial charge < -0.3 is 5.21 Å². The van der Waals surface area contributed by atoms with E-state index in [1.165, 1.54) is 0 Å². The molecule has 0 aliphatic rings. The molecule has 0 saturated carbocycles. The van der Waals surface area contributed by atoms with Crippen LogP contribution in [0.25, 0.3) is 10.9 Å². The van der Waals surface area contributed by atoms with Crippen LogP contribution < -0.4 is 5.43 Å². The molecule has 0 fully saturated rings. The highest BCUT2D eigenvalue weighted by Crippen LogP contribution is 2.19. The average Bonchev–Trinajstić information content (AvgIpc) is 2.87. The Balaban J connectivity index is 2.00. The normalized spacial score (nSPS) is 11.7. The summed E-state index contributed by atoms with van der Waals surface area (Å²) >= 11 is 0. The van der Waals surface area contributed by atoms with Crippen LogP contribution in [-0.2, 0) is 4.79 Å². The molecule has 0 aliphatic carbocycles. The molecule has 0 aliphatic heterocycles. The molecule has 24 heavy (non-hydrogen) atoms. The molecule has 0 bridgehead atoms. The van der Waals surface area contributed by atoms with Gasteiger partial charge in [-0.2, -0.15) is 0 Å². The van der Waals surface area contributed by atoms with E-state index in [0.29, 0.717) is 5.56 Å². The lowest BCUT2D eigenvalue weighted by atomic mass is 9.98. The molecule has 122 valence electrons. The fourth-order valence-corrected chi connectivity index (χ4v) is 2.99. The van der Waals surface area contributed by atoms with Crippen LogP contribution in [0, 0.1) is 20.8 Å². The summed E-state index contributed by atoms with van der Waals surface area (Å²) in [6.45, 7) is 5.68. The summed E-state index contributed by atoms with van der Waals surface area (Å²) in [5, 5.41) is 13.7. The minimum absolute atomic E-state index is 0.00258. The smallest absolute Gasteiger partial charge is 0.292 e. The molecule has 1 amide bonds. The van der Waals surface area contributed by atoms with Gasteiger partial charge in [0, 0.05) is 16.6 Å². The van der Waals surface area contributed by atoms with E-state index < -0.39 is 5.91 Å². The van der Waals surface area contributed by atoms with Crippen LogP contribution in [0.1, 0.15) is 22.4 Å². The molecule has 1 aromatic heterocycles. The third-order valence-corrected chi connectivity index (χ3v) is 4.14. The second-order valence-corrected chi connectivity index (χ2v) is 5.84. The lowest BCUT2D eigenvalue weighted by Gasteiger charge is -2.14. The molecule has 3 rings (SSSR count). The van der Waals surface area contributed by atoms with Crippen LogP contribution in [0.2, 0.25) is 0 Å². The molecule has 0 unspecified atom stereocenters. The lowest BCUT2D eigenvalue weighted by molar-refractivity contribution is -0.111. The van der Waals surface area contributed by atoms with Crippen LogP contribution in [0.3, 0.4) is 0 Å². The van der Waals surface area contributed by atoms with Gasteiger partial charge in [0.2, 0.25) is 0 Å². The lowest BCUT2D eigenvalue weighted by Crippen LogP contribution is -2.32. The Kier molecular flexibility index (Phi) is 4.08. The van der Waals surface area contributed by atoms with E-state index in [0.717, 1.165) is 27.7 Å². The number of amides is 1. The molecule has 3 aromatic rings. The van der Waals surface area contributed by atoms with Gasteiger partial charge in [-0.05, 0) is 44.0 Å². The van der Waals surface area contributed by atoms with E-state index in [2.05, 4.69) is 10.6 Å². The fraction of sp³-hybridized carbons (Fsp3) is 0.158. The van der Waals surface area contributed by atoms with E-state index in [-0.39, 0.29) is 5.71 Å². The molecule has 0 atom stereocenters. The minimum Gasteiger partial charge on any atom is -0.410 e. The molecule has 2 aromatic carbocycles. The van der Waals surface area contributed by atoms with E-state index in [9.17, 15) is 10.0 Å². The van der Waals surface area contributed by atoms with Gasteiger partial charge in [-0.15, -0.1) is 0 Å².